The number of hydrogen-bond donors (Lipinski definition) is 1. The Morgan fingerprint density at radius 1 is 1.00 bits per heavy atom. The monoisotopic (exact) mass is 436 g/mol. The van der Waals surface area contributed by atoms with E-state index < -0.39 is 44.0 Å². The number of nitrogens with zero attached hydrogens (tertiary/aromatic N) is 1. The van der Waals surface area contributed by atoms with Gasteiger partial charge in [0.15, 0.2) is 9.84 Å². The van der Waals surface area contributed by atoms with Crippen LogP contribution in [-0.2, 0) is 14.7 Å². The highest BCUT2D eigenvalue weighted by molar-refractivity contribution is 7.91. The van der Waals surface area contributed by atoms with Gasteiger partial charge < -0.3 is 0 Å². The van der Waals surface area contributed by atoms with Crippen molar-refractivity contribution in [1.29, 1.82) is 0 Å². The van der Waals surface area contributed by atoms with Gasteiger partial charge in [-0.3, -0.25) is 14.6 Å². The van der Waals surface area contributed by atoms with E-state index in [1.54, 1.807) is 0 Å². The van der Waals surface area contributed by atoms with Gasteiger partial charge in [-0.2, -0.15) is 0 Å². The third-order valence-corrected chi connectivity index (χ3v) is 6.29. The van der Waals surface area contributed by atoms with Crippen LogP contribution in [-0.4, -0.2) is 26.4 Å². The SMILES string of the molecule is CONC(=O)c1ccc(C(c2cc(F)ccc2F)S(=O)(=O)c2ccc(F)cc2)cn1. The van der Waals surface area contributed by atoms with Crippen LogP contribution in [0.3, 0.4) is 0 Å². The van der Waals surface area contributed by atoms with Gasteiger partial charge in [0, 0.05) is 11.8 Å². The van der Waals surface area contributed by atoms with Crippen molar-refractivity contribution >= 4 is 15.7 Å². The van der Waals surface area contributed by atoms with Crippen molar-refractivity contribution in [2.75, 3.05) is 7.11 Å². The van der Waals surface area contributed by atoms with Gasteiger partial charge in [-0.05, 0) is 54.1 Å². The molecule has 0 aliphatic carbocycles. The molecule has 0 spiro atoms. The molecule has 10 heteroatoms. The second kappa shape index (κ2) is 8.64. The maximum atomic E-state index is 14.5. The van der Waals surface area contributed by atoms with E-state index in [1.807, 2.05) is 0 Å². The van der Waals surface area contributed by atoms with Gasteiger partial charge >= 0.3 is 0 Å². The number of halogens is 3. The molecule has 1 aromatic heterocycles. The number of hydroxylamine groups is 1. The Kier molecular flexibility index (Phi) is 6.18. The minimum Gasteiger partial charge on any atom is -0.277 e. The molecule has 1 amide bonds. The number of amides is 1. The standard InChI is InChI=1S/C20H15F3N2O4S/c1-29-25-20(26)18-9-2-12(11-24-18)19(16-10-14(22)5-8-17(16)23)30(27,28)15-6-3-13(21)4-7-15/h2-11,19H,1H3,(H,25,26). The zero-order valence-corrected chi connectivity index (χ0v) is 16.3. The van der Waals surface area contributed by atoms with Crippen LogP contribution in [0, 0.1) is 17.5 Å². The molecule has 1 N–H and O–H groups in total. The van der Waals surface area contributed by atoms with Crippen LogP contribution in [0.1, 0.15) is 26.9 Å². The third kappa shape index (κ3) is 4.34. The zero-order chi connectivity index (χ0) is 21.9. The van der Waals surface area contributed by atoms with E-state index in [-0.39, 0.29) is 16.2 Å². The Morgan fingerprint density at radius 3 is 2.27 bits per heavy atom. The van der Waals surface area contributed by atoms with Gasteiger partial charge in [0.1, 0.15) is 28.4 Å². The van der Waals surface area contributed by atoms with Crippen LogP contribution >= 0.6 is 0 Å². The van der Waals surface area contributed by atoms with Gasteiger partial charge in [-0.1, -0.05) is 6.07 Å². The van der Waals surface area contributed by atoms with E-state index in [2.05, 4.69) is 15.3 Å². The van der Waals surface area contributed by atoms with Crippen molar-refractivity contribution in [2.24, 2.45) is 0 Å². The van der Waals surface area contributed by atoms with Gasteiger partial charge in [0.05, 0.1) is 12.0 Å². The van der Waals surface area contributed by atoms with Gasteiger partial charge in [-0.15, -0.1) is 0 Å². The summed E-state index contributed by atoms with van der Waals surface area (Å²) < 4.78 is 68.2. The Hall–Kier alpha value is -3.24. The predicted molar refractivity (Wildman–Crippen MR) is 100 cm³/mol. The maximum Gasteiger partial charge on any atom is 0.293 e. The minimum absolute atomic E-state index is 0.0159. The molecule has 0 radical (unpaired) electrons. The molecular weight excluding hydrogens is 421 g/mol. The molecule has 1 atom stereocenters. The summed E-state index contributed by atoms with van der Waals surface area (Å²) >= 11 is 0. The first-order valence-electron chi connectivity index (χ1n) is 8.47. The Morgan fingerprint density at radius 2 is 1.67 bits per heavy atom. The highest BCUT2D eigenvalue weighted by atomic mass is 32.2. The highest BCUT2D eigenvalue weighted by Gasteiger charge is 2.33. The van der Waals surface area contributed by atoms with Gasteiger partial charge in [-0.25, -0.2) is 27.1 Å². The normalized spacial score (nSPS) is 12.4. The van der Waals surface area contributed by atoms with Crippen LogP contribution in [0.5, 0.6) is 0 Å². The Bertz CT molecular complexity index is 1170. The maximum absolute atomic E-state index is 14.5. The first-order chi connectivity index (χ1) is 14.2. The first kappa shape index (κ1) is 21.5. The molecular formula is C20H15F3N2O4S. The molecule has 1 unspecified atom stereocenters. The predicted octanol–water partition coefficient (Wildman–Crippen LogP) is 3.35. The Balaban J connectivity index is 2.17. The van der Waals surface area contributed by atoms with Crippen LogP contribution in [0.15, 0.2) is 65.7 Å². The molecule has 0 aliphatic rings. The molecule has 3 aromatic rings. The van der Waals surface area contributed by atoms with Crippen LogP contribution < -0.4 is 5.48 Å². The zero-order valence-electron chi connectivity index (χ0n) is 15.5. The lowest BCUT2D eigenvalue weighted by Crippen LogP contribution is -2.23. The van der Waals surface area contributed by atoms with Crippen molar-refractivity contribution in [3.8, 4) is 0 Å². The number of carbonyl (C=O) groups excluding carboxylic acids is 1. The fourth-order valence-corrected chi connectivity index (χ4v) is 4.64. The number of hydrogen-bond acceptors (Lipinski definition) is 5. The quantitative estimate of drug-likeness (QED) is 0.473. The largest absolute Gasteiger partial charge is 0.293 e. The molecule has 0 bridgehead atoms. The van der Waals surface area contributed by atoms with E-state index in [4.69, 9.17) is 0 Å². The van der Waals surface area contributed by atoms with Crippen LogP contribution in [0.2, 0.25) is 0 Å². The summed E-state index contributed by atoms with van der Waals surface area (Å²) in [7, 11) is -3.12. The number of sulfone groups is 1. The topological polar surface area (TPSA) is 85.4 Å². The lowest BCUT2D eigenvalue weighted by molar-refractivity contribution is 0.0532. The summed E-state index contributed by atoms with van der Waals surface area (Å²) in [6, 6.07) is 8.87. The summed E-state index contributed by atoms with van der Waals surface area (Å²) in [5, 5.41) is -1.69. The van der Waals surface area contributed by atoms with E-state index in [0.29, 0.717) is 0 Å². The van der Waals surface area contributed by atoms with Crippen molar-refractivity contribution in [1.82, 2.24) is 10.5 Å². The van der Waals surface area contributed by atoms with Crippen LogP contribution in [0.25, 0.3) is 0 Å². The van der Waals surface area contributed by atoms with E-state index >= 15 is 0 Å². The molecule has 0 saturated carbocycles. The van der Waals surface area contributed by atoms with E-state index in [1.165, 1.54) is 19.2 Å². The summed E-state index contributed by atoms with van der Waals surface area (Å²) in [6.45, 7) is 0. The number of rotatable bonds is 6. The number of benzene rings is 2. The highest BCUT2D eigenvalue weighted by Crippen LogP contribution is 2.36. The molecule has 2 aromatic carbocycles. The molecule has 6 nitrogen and oxygen atoms in total. The lowest BCUT2D eigenvalue weighted by Gasteiger charge is -2.19. The minimum atomic E-state index is -4.35. The van der Waals surface area contributed by atoms with Crippen molar-refractivity contribution in [3.63, 3.8) is 0 Å². The summed E-state index contributed by atoms with van der Waals surface area (Å²) in [4.78, 5) is 19.9. The van der Waals surface area contributed by atoms with Crippen LogP contribution in [0.4, 0.5) is 13.2 Å². The lowest BCUT2D eigenvalue weighted by atomic mass is 10.0. The third-order valence-electron chi connectivity index (χ3n) is 4.21. The first-order valence-corrected chi connectivity index (χ1v) is 10.0. The molecule has 1 heterocycles. The van der Waals surface area contributed by atoms with Crippen molar-refractivity contribution in [2.45, 2.75) is 10.1 Å². The second-order valence-electron chi connectivity index (χ2n) is 6.16. The number of nitrogens with one attached hydrogen (secondary N) is 1. The number of carbonyl (C=O) groups is 1. The Labute approximate surface area is 170 Å². The average molecular weight is 436 g/mol. The van der Waals surface area contributed by atoms with E-state index in [0.717, 1.165) is 48.7 Å². The fraction of sp³-hybridized carbons (Fsp3) is 0.100. The van der Waals surface area contributed by atoms with E-state index in [9.17, 15) is 26.4 Å². The summed E-state index contributed by atoms with van der Waals surface area (Å²) in [6.07, 6.45) is 1.07. The van der Waals surface area contributed by atoms with Gasteiger partial charge in [0.2, 0.25) is 0 Å². The molecule has 0 saturated heterocycles. The fourth-order valence-electron chi connectivity index (χ4n) is 2.84. The van der Waals surface area contributed by atoms with Crippen molar-refractivity contribution < 1.29 is 31.2 Å². The molecule has 0 aliphatic heterocycles. The van der Waals surface area contributed by atoms with Gasteiger partial charge in [0.25, 0.3) is 5.91 Å². The summed E-state index contributed by atoms with van der Waals surface area (Å²) in [5.74, 6) is -3.13. The molecule has 30 heavy (non-hydrogen) atoms. The number of pyridine rings is 1. The molecule has 3 rings (SSSR count). The smallest absolute Gasteiger partial charge is 0.277 e. The molecule has 0 fully saturated rings. The molecule has 156 valence electrons. The summed E-state index contributed by atoms with van der Waals surface area (Å²) in [5.41, 5.74) is 1.51. The van der Waals surface area contributed by atoms with Crippen molar-refractivity contribution in [3.05, 3.63) is 95.1 Å². The number of aromatic nitrogens is 1. The average Bonchev–Trinajstić information content (AvgIpc) is 2.71. The second-order valence-corrected chi connectivity index (χ2v) is 8.19.